The lowest BCUT2D eigenvalue weighted by molar-refractivity contribution is -0.170. The highest BCUT2D eigenvalue weighted by Gasteiger charge is 2.53. The second kappa shape index (κ2) is 7.05. The zero-order chi connectivity index (χ0) is 19.0. The highest BCUT2D eigenvalue weighted by Crippen LogP contribution is 2.51. The molecule has 0 unspecified atom stereocenters. The molecule has 0 radical (unpaired) electrons. The summed E-state index contributed by atoms with van der Waals surface area (Å²) in [5, 5.41) is 0. The SMILES string of the molecule is CO[C@@]1(c2ccnc(C(N)=O)c2)[C@@H]2CCC[C@H]1CN(Cc1cn(C)cn1)C2. The van der Waals surface area contributed by atoms with Gasteiger partial charge in [-0.05, 0) is 30.5 Å². The van der Waals surface area contributed by atoms with Crippen LogP contribution in [0.3, 0.4) is 0 Å². The molecule has 3 heterocycles. The highest BCUT2D eigenvalue weighted by atomic mass is 16.5. The number of imidazole rings is 1. The monoisotopic (exact) mass is 369 g/mol. The first-order chi connectivity index (χ1) is 13.0. The minimum Gasteiger partial charge on any atom is -0.373 e. The Morgan fingerprint density at radius 3 is 2.67 bits per heavy atom. The Morgan fingerprint density at radius 1 is 1.33 bits per heavy atom. The van der Waals surface area contributed by atoms with Gasteiger partial charge in [0.2, 0.25) is 0 Å². The Bertz CT molecular complexity index is 819. The summed E-state index contributed by atoms with van der Waals surface area (Å²) < 4.78 is 8.23. The van der Waals surface area contributed by atoms with E-state index in [1.54, 1.807) is 13.3 Å². The van der Waals surface area contributed by atoms with Crippen molar-refractivity contribution in [3.05, 3.63) is 47.8 Å². The predicted octanol–water partition coefficient (Wildman–Crippen LogP) is 1.69. The van der Waals surface area contributed by atoms with Crippen LogP contribution in [-0.2, 0) is 23.9 Å². The second-order valence-electron chi connectivity index (χ2n) is 7.84. The van der Waals surface area contributed by atoms with Gasteiger partial charge in [-0.1, -0.05) is 6.42 Å². The predicted molar refractivity (Wildman–Crippen MR) is 101 cm³/mol. The van der Waals surface area contributed by atoms with E-state index in [4.69, 9.17) is 10.5 Å². The lowest BCUT2D eigenvalue weighted by atomic mass is 9.62. The fourth-order valence-corrected chi connectivity index (χ4v) is 5.16. The van der Waals surface area contributed by atoms with Crippen molar-refractivity contribution in [2.45, 2.75) is 31.4 Å². The lowest BCUT2D eigenvalue weighted by Crippen LogP contribution is -2.58. The number of aryl methyl sites for hydroxylation is 1. The summed E-state index contributed by atoms with van der Waals surface area (Å²) in [6.45, 7) is 2.76. The molecule has 7 nitrogen and oxygen atoms in total. The third kappa shape index (κ3) is 3.15. The molecular formula is C20H27N5O2. The maximum atomic E-state index is 11.6. The first kappa shape index (κ1) is 18.1. The zero-order valence-electron chi connectivity index (χ0n) is 16.0. The molecule has 2 aliphatic rings. The maximum absolute atomic E-state index is 11.6. The quantitative estimate of drug-likeness (QED) is 0.867. The molecule has 2 aromatic heterocycles. The van der Waals surface area contributed by atoms with E-state index in [0.29, 0.717) is 17.5 Å². The number of methoxy groups -OCH3 is 1. The molecule has 1 aliphatic heterocycles. The van der Waals surface area contributed by atoms with E-state index in [0.717, 1.165) is 43.7 Å². The summed E-state index contributed by atoms with van der Waals surface area (Å²) in [7, 11) is 3.79. The Balaban J connectivity index is 1.64. The van der Waals surface area contributed by atoms with Crippen molar-refractivity contribution in [2.75, 3.05) is 20.2 Å². The molecule has 2 fully saturated rings. The van der Waals surface area contributed by atoms with E-state index in [-0.39, 0.29) is 5.60 Å². The minimum absolute atomic E-state index is 0.304. The Morgan fingerprint density at radius 2 is 2.07 bits per heavy atom. The van der Waals surface area contributed by atoms with Crippen molar-refractivity contribution in [3.63, 3.8) is 0 Å². The van der Waals surface area contributed by atoms with Crippen LogP contribution in [0.5, 0.6) is 0 Å². The van der Waals surface area contributed by atoms with Crippen LogP contribution in [0.4, 0.5) is 0 Å². The van der Waals surface area contributed by atoms with Crippen LogP contribution < -0.4 is 5.73 Å². The van der Waals surface area contributed by atoms with Crippen molar-refractivity contribution in [2.24, 2.45) is 24.6 Å². The van der Waals surface area contributed by atoms with Crippen LogP contribution in [0.25, 0.3) is 0 Å². The molecule has 3 atom stereocenters. The number of hydrogen-bond acceptors (Lipinski definition) is 5. The van der Waals surface area contributed by atoms with Crippen LogP contribution in [0.15, 0.2) is 30.9 Å². The molecule has 0 aromatic carbocycles. The maximum Gasteiger partial charge on any atom is 0.267 e. The first-order valence-electron chi connectivity index (χ1n) is 9.53. The van der Waals surface area contributed by atoms with Crippen LogP contribution in [0, 0.1) is 11.8 Å². The average Bonchev–Trinajstić information content (AvgIpc) is 3.06. The number of hydrogen-bond donors (Lipinski definition) is 1. The number of nitrogens with zero attached hydrogens (tertiary/aromatic N) is 4. The van der Waals surface area contributed by atoms with Gasteiger partial charge < -0.3 is 15.0 Å². The van der Waals surface area contributed by atoms with Crippen LogP contribution in [0.1, 0.15) is 41.0 Å². The van der Waals surface area contributed by atoms with E-state index in [2.05, 4.69) is 21.1 Å². The average molecular weight is 369 g/mol. The number of pyridine rings is 1. The summed E-state index contributed by atoms with van der Waals surface area (Å²) >= 11 is 0. The van der Waals surface area contributed by atoms with E-state index in [9.17, 15) is 4.79 Å². The number of ether oxygens (including phenoxy) is 1. The fourth-order valence-electron chi connectivity index (χ4n) is 5.16. The molecule has 7 heteroatoms. The van der Waals surface area contributed by atoms with Gasteiger partial charge in [0.15, 0.2) is 0 Å². The van der Waals surface area contributed by atoms with E-state index >= 15 is 0 Å². The fraction of sp³-hybridized carbons (Fsp3) is 0.550. The number of aromatic nitrogens is 3. The van der Waals surface area contributed by atoms with Gasteiger partial charge in [-0.15, -0.1) is 0 Å². The largest absolute Gasteiger partial charge is 0.373 e. The van der Waals surface area contributed by atoms with Gasteiger partial charge in [-0.25, -0.2) is 4.98 Å². The summed E-state index contributed by atoms with van der Waals surface area (Å²) in [6, 6.07) is 3.81. The molecule has 2 bridgehead atoms. The topological polar surface area (TPSA) is 86.3 Å². The molecule has 1 saturated heterocycles. The van der Waals surface area contributed by atoms with Crippen molar-refractivity contribution in [1.82, 2.24) is 19.4 Å². The van der Waals surface area contributed by atoms with Gasteiger partial charge in [0, 0.05) is 58.0 Å². The van der Waals surface area contributed by atoms with Gasteiger partial charge in [0.05, 0.1) is 12.0 Å². The molecule has 27 heavy (non-hydrogen) atoms. The molecular weight excluding hydrogens is 342 g/mol. The molecule has 0 spiro atoms. The molecule has 1 amide bonds. The highest BCUT2D eigenvalue weighted by molar-refractivity contribution is 5.90. The third-order valence-corrected chi connectivity index (χ3v) is 6.22. The Kier molecular flexibility index (Phi) is 4.74. The first-order valence-corrected chi connectivity index (χ1v) is 9.53. The number of rotatable bonds is 5. The molecule has 144 valence electrons. The molecule has 2 aromatic rings. The van der Waals surface area contributed by atoms with Gasteiger partial charge >= 0.3 is 0 Å². The summed E-state index contributed by atoms with van der Waals surface area (Å²) in [5.74, 6) is 0.226. The van der Waals surface area contributed by atoms with Gasteiger partial charge in [0.25, 0.3) is 5.91 Å². The standard InChI is InChI=1S/C20H27N5O2/c1-24-11-17(23-13-24)12-25-9-15-4-3-5-16(10-25)20(15,27-2)14-6-7-22-18(8-14)19(21)26/h6-8,11,13,15-16H,3-5,9-10,12H2,1-2H3,(H2,21,26)/t15-,16+,20+. The number of amides is 1. The number of fused-ring (bicyclic) bond motifs is 2. The number of carbonyl (C=O) groups is 1. The van der Waals surface area contributed by atoms with Crippen LogP contribution in [-0.4, -0.2) is 45.5 Å². The van der Waals surface area contributed by atoms with Crippen molar-refractivity contribution in [1.29, 1.82) is 0 Å². The molecule has 4 rings (SSSR count). The Hall–Kier alpha value is -2.25. The second-order valence-corrected chi connectivity index (χ2v) is 7.84. The third-order valence-electron chi connectivity index (χ3n) is 6.22. The molecule has 1 aliphatic carbocycles. The Labute approximate surface area is 159 Å². The van der Waals surface area contributed by atoms with E-state index < -0.39 is 5.91 Å². The number of piperidine rings is 1. The molecule has 2 N–H and O–H groups in total. The minimum atomic E-state index is -0.499. The van der Waals surface area contributed by atoms with E-state index in [1.165, 1.54) is 6.42 Å². The summed E-state index contributed by atoms with van der Waals surface area (Å²) in [5.41, 5.74) is 7.51. The normalized spacial score (nSPS) is 28.2. The molecule has 1 saturated carbocycles. The van der Waals surface area contributed by atoms with E-state index in [1.807, 2.05) is 30.1 Å². The number of carbonyl (C=O) groups excluding carboxylic acids is 1. The van der Waals surface area contributed by atoms with Crippen LogP contribution in [0.2, 0.25) is 0 Å². The number of primary amides is 1. The van der Waals surface area contributed by atoms with Crippen molar-refractivity contribution < 1.29 is 9.53 Å². The lowest BCUT2D eigenvalue weighted by Gasteiger charge is -2.55. The van der Waals surface area contributed by atoms with Gasteiger partial charge in [0.1, 0.15) is 11.3 Å². The van der Waals surface area contributed by atoms with Gasteiger partial charge in [-0.3, -0.25) is 14.7 Å². The van der Waals surface area contributed by atoms with Gasteiger partial charge in [-0.2, -0.15) is 0 Å². The summed E-state index contributed by atoms with van der Waals surface area (Å²) in [6.07, 6.45) is 9.03. The zero-order valence-corrected chi connectivity index (χ0v) is 16.0. The summed E-state index contributed by atoms with van der Waals surface area (Å²) in [4.78, 5) is 22.7. The van der Waals surface area contributed by atoms with Crippen molar-refractivity contribution in [3.8, 4) is 0 Å². The smallest absolute Gasteiger partial charge is 0.267 e. The number of nitrogens with two attached hydrogens (primary N) is 1. The van der Waals surface area contributed by atoms with Crippen LogP contribution >= 0.6 is 0 Å². The number of likely N-dealkylation sites (tertiary alicyclic amines) is 1. The van der Waals surface area contributed by atoms with Crippen molar-refractivity contribution >= 4 is 5.91 Å².